The van der Waals surface area contributed by atoms with Crippen LogP contribution in [0.2, 0.25) is 0 Å². The van der Waals surface area contributed by atoms with Gasteiger partial charge in [-0.15, -0.1) is 0 Å². The number of aromatic nitrogens is 2. The topological polar surface area (TPSA) is 87.6 Å². The Morgan fingerprint density at radius 1 is 1.04 bits per heavy atom. The van der Waals surface area contributed by atoms with E-state index in [0.29, 0.717) is 5.82 Å². The monoisotopic (exact) mass is 376 g/mol. The van der Waals surface area contributed by atoms with Crippen LogP contribution in [0.25, 0.3) is 11.4 Å². The Morgan fingerprint density at radius 3 is 2.43 bits per heavy atom. The summed E-state index contributed by atoms with van der Waals surface area (Å²) in [5.74, 6) is -0.342. The number of hydrogen-bond donors (Lipinski definition) is 2. The molecule has 0 amide bonds. The van der Waals surface area contributed by atoms with E-state index in [2.05, 4.69) is 20.2 Å². The van der Waals surface area contributed by atoms with Crippen molar-refractivity contribution in [3.8, 4) is 11.4 Å². The van der Waals surface area contributed by atoms with Crippen LogP contribution in [0, 0.1) is 0 Å². The standard InChI is InChI=1S/C21H20N4O3/c26-21(27)18-14-22-19(15-4-2-1-3-5-15)24-20(18)23-16-6-8-17(9-7-16)25-10-12-28-13-11-25/h1-9,14H,10-13H2,(H,26,27)(H,22,23,24). The Labute approximate surface area is 162 Å². The number of carbonyl (C=O) groups is 1. The van der Waals surface area contributed by atoms with E-state index in [1.165, 1.54) is 6.20 Å². The average molecular weight is 376 g/mol. The minimum atomic E-state index is -1.08. The highest BCUT2D eigenvalue weighted by molar-refractivity contribution is 5.94. The molecule has 4 rings (SSSR count). The molecule has 2 heterocycles. The second-order valence-electron chi connectivity index (χ2n) is 6.40. The van der Waals surface area contributed by atoms with Gasteiger partial charge in [-0.2, -0.15) is 0 Å². The molecule has 7 nitrogen and oxygen atoms in total. The lowest BCUT2D eigenvalue weighted by Gasteiger charge is -2.28. The van der Waals surface area contributed by atoms with E-state index < -0.39 is 5.97 Å². The van der Waals surface area contributed by atoms with Crippen LogP contribution in [0.4, 0.5) is 17.2 Å². The lowest BCUT2D eigenvalue weighted by Crippen LogP contribution is -2.36. The van der Waals surface area contributed by atoms with Gasteiger partial charge in [-0.1, -0.05) is 30.3 Å². The third kappa shape index (κ3) is 3.94. The Morgan fingerprint density at radius 2 is 1.75 bits per heavy atom. The van der Waals surface area contributed by atoms with Crippen molar-refractivity contribution in [2.75, 3.05) is 36.5 Å². The quantitative estimate of drug-likeness (QED) is 0.705. The van der Waals surface area contributed by atoms with Crippen LogP contribution in [0.5, 0.6) is 0 Å². The van der Waals surface area contributed by atoms with Crippen LogP contribution in [-0.2, 0) is 4.74 Å². The van der Waals surface area contributed by atoms with Crippen molar-refractivity contribution < 1.29 is 14.6 Å². The van der Waals surface area contributed by atoms with Gasteiger partial charge in [0.05, 0.1) is 13.2 Å². The Kier molecular flexibility index (Phi) is 5.16. The third-order valence-corrected chi connectivity index (χ3v) is 4.56. The van der Waals surface area contributed by atoms with Crippen molar-refractivity contribution in [1.82, 2.24) is 9.97 Å². The van der Waals surface area contributed by atoms with Gasteiger partial charge >= 0.3 is 5.97 Å². The molecule has 1 aliphatic heterocycles. The Hall–Kier alpha value is -3.45. The summed E-state index contributed by atoms with van der Waals surface area (Å²) in [5, 5.41) is 12.6. The van der Waals surface area contributed by atoms with Crippen molar-refractivity contribution >= 4 is 23.2 Å². The molecule has 7 heteroatoms. The molecule has 0 aliphatic carbocycles. The van der Waals surface area contributed by atoms with Crippen molar-refractivity contribution in [1.29, 1.82) is 0 Å². The molecule has 0 saturated carbocycles. The number of ether oxygens (including phenoxy) is 1. The van der Waals surface area contributed by atoms with Crippen LogP contribution >= 0.6 is 0 Å². The van der Waals surface area contributed by atoms with Gasteiger partial charge < -0.3 is 20.1 Å². The first-order valence-corrected chi connectivity index (χ1v) is 9.06. The molecular formula is C21H20N4O3. The molecule has 0 unspecified atom stereocenters. The SMILES string of the molecule is O=C(O)c1cnc(-c2ccccc2)nc1Nc1ccc(N2CCOCC2)cc1. The van der Waals surface area contributed by atoms with Gasteiger partial charge in [0.1, 0.15) is 11.4 Å². The minimum absolute atomic E-state index is 0.0249. The smallest absolute Gasteiger partial charge is 0.341 e. The molecule has 1 saturated heterocycles. The predicted molar refractivity (Wildman–Crippen MR) is 107 cm³/mol. The molecule has 142 valence electrons. The van der Waals surface area contributed by atoms with Crippen molar-refractivity contribution in [2.24, 2.45) is 0 Å². The lowest BCUT2D eigenvalue weighted by atomic mass is 10.2. The number of hydrogen-bond acceptors (Lipinski definition) is 6. The summed E-state index contributed by atoms with van der Waals surface area (Å²) < 4.78 is 5.38. The number of nitrogens with zero attached hydrogens (tertiary/aromatic N) is 3. The summed E-state index contributed by atoms with van der Waals surface area (Å²) in [4.78, 5) is 22.5. The minimum Gasteiger partial charge on any atom is -0.477 e. The fourth-order valence-electron chi connectivity index (χ4n) is 3.07. The number of nitrogens with one attached hydrogen (secondary N) is 1. The first kappa shape index (κ1) is 17.9. The Balaban J connectivity index is 1.60. The fraction of sp³-hybridized carbons (Fsp3) is 0.190. The average Bonchev–Trinajstić information content (AvgIpc) is 2.75. The maximum atomic E-state index is 11.6. The fourth-order valence-corrected chi connectivity index (χ4v) is 3.07. The number of benzene rings is 2. The van der Waals surface area contributed by atoms with Gasteiger partial charge in [0, 0.05) is 36.2 Å². The molecule has 2 aromatic carbocycles. The molecule has 0 atom stereocenters. The van der Waals surface area contributed by atoms with E-state index in [1.54, 1.807) is 0 Å². The summed E-state index contributed by atoms with van der Waals surface area (Å²) in [5.41, 5.74) is 2.72. The number of morpholine rings is 1. The van der Waals surface area contributed by atoms with Gasteiger partial charge in [-0.05, 0) is 24.3 Å². The molecule has 28 heavy (non-hydrogen) atoms. The van der Waals surface area contributed by atoms with Crippen LogP contribution < -0.4 is 10.2 Å². The van der Waals surface area contributed by atoms with E-state index in [1.807, 2.05) is 54.6 Å². The highest BCUT2D eigenvalue weighted by Gasteiger charge is 2.15. The molecular weight excluding hydrogens is 356 g/mol. The zero-order valence-electron chi connectivity index (χ0n) is 15.2. The third-order valence-electron chi connectivity index (χ3n) is 4.56. The number of carboxylic acid groups (broad SMARTS) is 1. The lowest BCUT2D eigenvalue weighted by molar-refractivity contribution is 0.0697. The van der Waals surface area contributed by atoms with Gasteiger partial charge in [-0.25, -0.2) is 14.8 Å². The molecule has 0 radical (unpaired) electrons. The first-order chi connectivity index (χ1) is 13.7. The number of rotatable bonds is 5. The molecule has 1 fully saturated rings. The normalized spacial score (nSPS) is 13.9. The van der Waals surface area contributed by atoms with Crippen LogP contribution in [-0.4, -0.2) is 47.3 Å². The first-order valence-electron chi connectivity index (χ1n) is 9.06. The molecule has 0 spiro atoms. The second kappa shape index (κ2) is 8.06. The molecule has 1 aliphatic rings. The summed E-state index contributed by atoms with van der Waals surface area (Å²) >= 11 is 0. The summed E-state index contributed by atoms with van der Waals surface area (Å²) in [6.45, 7) is 3.18. The summed E-state index contributed by atoms with van der Waals surface area (Å²) in [6.07, 6.45) is 1.34. The van der Waals surface area contributed by atoms with Gasteiger partial charge in [0.2, 0.25) is 0 Å². The van der Waals surface area contributed by atoms with E-state index in [-0.39, 0.29) is 11.4 Å². The largest absolute Gasteiger partial charge is 0.477 e. The second-order valence-corrected chi connectivity index (χ2v) is 6.40. The number of anilines is 3. The predicted octanol–water partition coefficient (Wildman–Crippen LogP) is 3.42. The number of aromatic carboxylic acids is 1. The summed E-state index contributed by atoms with van der Waals surface area (Å²) in [7, 11) is 0. The summed E-state index contributed by atoms with van der Waals surface area (Å²) in [6, 6.07) is 17.3. The van der Waals surface area contributed by atoms with Crippen molar-refractivity contribution in [3.05, 3.63) is 66.4 Å². The van der Waals surface area contributed by atoms with Gasteiger partial charge in [-0.3, -0.25) is 0 Å². The van der Waals surface area contributed by atoms with Crippen LogP contribution in [0.1, 0.15) is 10.4 Å². The molecule has 1 aromatic heterocycles. The zero-order chi connectivity index (χ0) is 19.3. The van der Waals surface area contributed by atoms with Crippen molar-refractivity contribution in [2.45, 2.75) is 0 Å². The van der Waals surface area contributed by atoms with Gasteiger partial charge in [0.25, 0.3) is 0 Å². The van der Waals surface area contributed by atoms with Crippen LogP contribution in [0.15, 0.2) is 60.8 Å². The molecule has 2 N–H and O–H groups in total. The van der Waals surface area contributed by atoms with Crippen molar-refractivity contribution in [3.63, 3.8) is 0 Å². The molecule has 0 bridgehead atoms. The van der Waals surface area contributed by atoms with E-state index in [9.17, 15) is 9.90 Å². The molecule has 3 aromatic rings. The zero-order valence-corrected chi connectivity index (χ0v) is 15.2. The van der Waals surface area contributed by atoms with E-state index in [4.69, 9.17) is 4.74 Å². The number of carboxylic acids is 1. The van der Waals surface area contributed by atoms with Crippen LogP contribution in [0.3, 0.4) is 0 Å². The maximum absolute atomic E-state index is 11.6. The van der Waals surface area contributed by atoms with Gasteiger partial charge in [0.15, 0.2) is 5.82 Å². The highest BCUT2D eigenvalue weighted by atomic mass is 16.5. The Bertz CT molecular complexity index is 955. The highest BCUT2D eigenvalue weighted by Crippen LogP contribution is 2.25. The maximum Gasteiger partial charge on any atom is 0.341 e. The van der Waals surface area contributed by atoms with E-state index in [0.717, 1.165) is 43.2 Å². The van der Waals surface area contributed by atoms with E-state index >= 15 is 0 Å².